The molecule has 0 unspecified atom stereocenters. The average Bonchev–Trinajstić information content (AvgIpc) is 2.46. The molecular formula is C16H14INO3. The van der Waals surface area contributed by atoms with Gasteiger partial charge in [-0.05, 0) is 65.9 Å². The number of amides is 1. The molecule has 108 valence electrons. The summed E-state index contributed by atoms with van der Waals surface area (Å²) in [7, 11) is 0. The normalized spacial score (nSPS) is 10.2. The number of rotatable bonds is 4. The number of carbonyl (C=O) groups excluding carboxylic acids is 1. The van der Waals surface area contributed by atoms with Crippen LogP contribution in [0, 0.1) is 10.5 Å². The van der Waals surface area contributed by atoms with Gasteiger partial charge in [0.2, 0.25) is 0 Å². The quantitative estimate of drug-likeness (QED) is 0.809. The molecule has 2 aromatic rings. The number of carboxylic acid groups (broad SMARTS) is 1. The van der Waals surface area contributed by atoms with Crippen LogP contribution in [0.25, 0.3) is 0 Å². The van der Waals surface area contributed by atoms with Crippen LogP contribution in [0.5, 0.6) is 0 Å². The number of halogens is 1. The summed E-state index contributed by atoms with van der Waals surface area (Å²) in [5, 5.41) is 9.04. The third kappa shape index (κ3) is 4.04. The lowest BCUT2D eigenvalue weighted by Gasteiger charge is -2.21. The first-order valence-corrected chi connectivity index (χ1v) is 7.41. The van der Waals surface area contributed by atoms with E-state index in [1.54, 1.807) is 24.3 Å². The van der Waals surface area contributed by atoms with E-state index in [0.717, 1.165) is 9.13 Å². The maximum absolute atomic E-state index is 12.5. The summed E-state index contributed by atoms with van der Waals surface area (Å²) in [6, 6.07) is 14.3. The van der Waals surface area contributed by atoms with Crippen molar-refractivity contribution < 1.29 is 14.7 Å². The number of aryl methyl sites for hydroxylation is 1. The molecule has 0 aliphatic carbocycles. The summed E-state index contributed by atoms with van der Waals surface area (Å²) in [4.78, 5) is 24.8. The molecule has 0 saturated heterocycles. The van der Waals surface area contributed by atoms with Gasteiger partial charge in [-0.1, -0.05) is 17.7 Å². The number of hydrogen-bond donors (Lipinski definition) is 1. The second-order valence-electron chi connectivity index (χ2n) is 4.63. The van der Waals surface area contributed by atoms with Gasteiger partial charge in [0.25, 0.3) is 5.91 Å². The van der Waals surface area contributed by atoms with Gasteiger partial charge < -0.3 is 5.11 Å². The lowest BCUT2D eigenvalue weighted by molar-refractivity contribution is -0.135. The first-order valence-electron chi connectivity index (χ1n) is 6.33. The Balaban J connectivity index is 2.35. The van der Waals surface area contributed by atoms with Gasteiger partial charge in [0.1, 0.15) is 6.54 Å². The molecule has 0 heterocycles. The zero-order chi connectivity index (χ0) is 15.4. The molecule has 1 N–H and O–H groups in total. The van der Waals surface area contributed by atoms with Gasteiger partial charge in [-0.2, -0.15) is 0 Å². The smallest absolute Gasteiger partial charge is 0.323 e. The maximum atomic E-state index is 12.5. The van der Waals surface area contributed by atoms with Crippen LogP contribution in [0.15, 0.2) is 48.5 Å². The molecule has 4 nitrogen and oxygen atoms in total. The molecule has 0 atom stereocenters. The van der Waals surface area contributed by atoms with Crippen LogP contribution in [-0.2, 0) is 4.79 Å². The molecule has 0 saturated carbocycles. The van der Waals surface area contributed by atoms with Crippen molar-refractivity contribution in [3.05, 3.63) is 63.2 Å². The predicted molar refractivity (Wildman–Crippen MR) is 89.7 cm³/mol. The Morgan fingerprint density at radius 1 is 1.05 bits per heavy atom. The Bertz CT molecular complexity index is 650. The lowest BCUT2D eigenvalue weighted by atomic mass is 10.1. The molecule has 2 rings (SSSR count). The largest absolute Gasteiger partial charge is 0.480 e. The molecule has 21 heavy (non-hydrogen) atoms. The number of aliphatic carboxylic acids is 1. The minimum atomic E-state index is -1.05. The third-order valence-electron chi connectivity index (χ3n) is 2.98. The minimum absolute atomic E-state index is 0.322. The van der Waals surface area contributed by atoms with E-state index in [9.17, 15) is 9.59 Å². The van der Waals surface area contributed by atoms with Crippen LogP contribution in [0.3, 0.4) is 0 Å². The Morgan fingerprint density at radius 2 is 1.62 bits per heavy atom. The Kier molecular flexibility index (Phi) is 4.95. The summed E-state index contributed by atoms with van der Waals surface area (Å²) < 4.78 is 1.02. The van der Waals surface area contributed by atoms with Crippen LogP contribution in [0.4, 0.5) is 5.69 Å². The third-order valence-corrected chi connectivity index (χ3v) is 3.69. The molecule has 0 fully saturated rings. The highest BCUT2D eigenvalue weighted by Crippen LogP contribution is 2.18. The minimum Gasteiger partial charge on any atom is -0.480 e. The molecule has 1 amide bonds. The van der Waals surface area contributed by atoms with E-state index >= 15 is 0 Å². The van der Waals surface area contributed by atoms with E-state index < -0.39 is 5.97 Å². The first kappa shape index (κ1) is 15.5. The first-order chi connectivity index (χ1) is 9.97. The van der Waals surface area contributed by atoms with Gasteiger partial charge in [0.05, 0.1) is 0 Å². The van der Waals surface area contributed by atoms with Crippen molar-refractivity contribution in [1.82, 2.24) is 0 Å². The molecular weight excluding hydrogens is 381 g/mol. The Morgan fingerprint density at radius 3 is 2.14 bits per heavy atom. The van der Waals surface area contributed by atoms with Gasteiger partial charge in [-0.15, -0.1) is 0 Å². The number of anilines is 1. The van der Waals surface area contributed by atoms with Crippen molar-refractivity contribution in [3.8, 4) is 0 Å². The molecule has 0 bridgehead atoms. The van der Waals surface area contributed by atoms with Crippen molar-refractivity contribution >= 4 is 40.2 Å². The van der Waals surface area contributed by atoms with E-state index in [4.69, 9.17) is 5.11 Å². The number of carboxylic acids is 1. The van der Waals surface area contributed by atoms with E-state index in [-0.39, 0.29) is 12.5 Å². The SMILES string of the molecule is Cc1ccc(N(CC(=O)O)C(=O)c2ccc(I)cc2)cc1. The Hall–Kier alpha value is -1.89. The van der Waals surface area contributed by atoms with Crippen LogP contribution < -0.4 is 4.90 Å². The monoisotopic (exact) mass is 395 g/mol. The highest BCUT2D eigenvalue weighted by Gasteiger charge is 2.20. The average molecular weight is 395 g/mol. The van der Waals surface area contributed by atoms with E-state index in [1.807, 2.05) is 31.2 Å². The van der Waals surface area contributed by atoms with Crippen molar-refractivity contribution in [2.45, 2.75) is 6.92 Å². The van der Waals surface area contributed by atoms with Crippen LogP contribution in [0.2, 0.25) is 0 Å². The second-order valence-corrected chi connectivity index (χ2v) is 5.87. The zero-order valence-electron chi connectivity index (χ0n) is 11.4. The predicted octanol–water partition coefficient (Wildman–Crippen LogP) is 3.33. The van der Waals surface area contributed by atoms with Crippen molar-refractivity contribution in [2.75, 3.05) is 11.4 Å². The number of carbonyl (C=O) groups is 2. The lowest BCUT2D eigenvalue weighted by Crippen LogP contribution is -2.35. The molecule has 0 aliphatic rings. The van der Waals surface area contributed by atoms with Crippen LogP contribution in [0.1, 0.15) is 15.9 Å². The molecule has 5 heteroatoms. The highest BCUT2D eigenvalue weighted by molar-refractivity contribution is 14.1. The fraction of sp³-hybridized carbons (Fsp3) is 0.125. The summed E-state index contributed by atoms with van der Waals surface area (Å²) >= 11 is 2.15. The molecule has 0 aromatic heterocycles. The van der Waals surface area contributed by atoms with E-state index in [0.29, 0.717) is 11.3 Å². The van der Waals surface area contributed by atoms with Crippen molar-refractivity contribution in [3.63, 3.8) is 0 Å². The van der Waals surface area contributed by atoms with Crippen LogP contribution in [-0.4, -0.2) is 23.5 Å². The van der Waals surface area contributed by atoms with Gasteiger partial charge in [-0.3, -0.25) is 14.5 Å². The summed E-state index contributed by atoms with van der Waals surface area (Å²) in [5.41, 5.74) is 2.10. The number of benzene rings is 2. The molecule has 0 radical (unpaired) electrons. The maximum Gasteiger partial charge on any atom is 0.323 e. The molecule has 2 aromatic carbocycles. The van der Waals surface area contributed by atoms with E-state index in [1.165, 1.54) is 4.90 Å². The Labute approximate surface area is 136 Å². The number of hydrogen-bond acceptors (Lipinski definition) is 2. The van der Waals surface area contributed by atoms with Crippen molar-refractivity contribution in [1.29, 1.82) is 0 Å². The fourth-order valence-electron chi connectivity index (χ4n) is 1.89. The van der Waals surface area contributed by atoms with Crippen molar-refractivity contribution in [2.24, 2.45) is 0 Å². The summed E-state index contributed by atoms with van der Waals surface area (Å²) in [6.07, 6.45) is 0. The molecule has 0 spiro atoms. The number of nitrogens with zero attached hydrogens (tertiary/aromatic N) is 1. The van der Waals surface area contributed by atoms with E-state index in [2.05, 4.69) is 22.6 Å². The fourth-order valence-corrected chi connectivity index (χ4v) is 2.25. The standard InChI is InChI=1S/C16H14INO3/c1-11-2-8-14(9-3-11)18(10-15(19)20)16(21)12-4-6-13(17)7-5-12/h2-9H,10H2,1H3,(H,19,20). The topological polar surface area (TPSA) is 57.6 Å². The van der Waals surface area contributed by atoms with Gasteiger partial charge >= 0.3 is 5.97 Å². The van der Waals surface area contributed by atoms with Gasteiger partial charge in [0.15, 0.2) is 0 Å². The molecule has 0 aliphatic heterocycles. The van der Waals surface area contributed by atoms with Gasteiger partial charge in [0, 0.05) is 14.8 Å². The highest BCUT2D eigenvalue weighted by atomic mass is 127. The zero-order valence-corrected chi connectivity index (χ0v) is 13.6. The summed E-state index contributed by atoms with van der Waals surface area (Å²) in [5.74, 6) is -1.37. The second kappa shape index (κ2) is 6.71. The van der Waals surface area contributed by atoms with Gasteiger partial charge in [-0.25, -0.2) is 0 Å². The van der Waals surface area contributed by atoms with Crippen LogP contribution >= 0.6 is 22.6 Å². The summed E-state index contributed by atoms with van der Waals surface area (Å²) in [6.45, 7) is 1.57.